The highest BCUT2D eigenvalue weighted by Gasteiger charge is 2.23. The van der Waals surface area contributed by atoms with Crippen molar-refractivity contribution < 1.29 is 39.2 Å². The number of benzene rings is 3. The van der Waals surface area contributed by atoms with Crippen molar-refractivity contribution in [3.63, 3.8) is 0 Å². The van der Waals surface area contributed by atoms with E-state index in [1.165, 1.54) is 39.0 Å². The summed E-state index contributed by atoms with van der Waals surface area (Å²) in [6, 6.07) is 2.63. The first-order valence-electron chi connectivity index (χ1n) is 30.9. The van der Waals surface area contributed by atoms with E-state index in [9.17, 15) is 43.2 Å². The largest absolute Gasteiger partial charge is 0.436 e. The Morgan fingerprint density at radius 2 is 0.852 bits per heavy atom. The van der Waals surface area contributed by atoms with Crippen LogP contribution in [-0.4, -0.2) is 74.9 Å². The molecular formula is C52H38Cl5FN18O12. The van der Waals surface area contributed by atoms with Crippen LogP contribution < -0.4 is 64.6 Å². The van der Waals surface area contributed by atoms with Gasteiger partial charge in [-0.25, -0.2) is 34.1 Å². The highest BCUT2D eigenvalue weighted by atomic mass is 35.5. The van der Waals surface area contributed by atoms with Gasteiger partial charge in [-0.15, -0.1) is 30.6 Å². The fourth-order valence-electron chi connectivity index (χ4n) is 6.72. The summed E-state index contributed by atoms with van der Waals surface area (Å²) < 4.78 is 150. The molecule has 0 saturated heterocycles. The molecule has 30 nitrogen and oxygen atoms in total. The van der Waals surface area contributed by atoms with Gasteiger partial charge < -0.3 is 14.2 Å². The molecule has 450 valence electrons. The predicted molar refractivity (Wildman–Crippen MR) is 312 cm³/mol. The normalized spacial score (nSPS) is 14.6. The lowest BCUT2D eigenvalue weighted by molar-refractivity contribution is 0.407. The zero-order chi connectivity index (χ0) is 77.5. The van der Waals surface area contributed by atoms with E-state index in [2.05, 4.69) is 40.8 Å². The van der Waals surface area contributed by atoms with Gasteiger partial charge in [0, 0.05) is 35.6 Å². The number of nitrogens with one attached hydrogen (secondary N) is 6. The Balaban J connectivity index is 0.000000216. The molecule has 6 heterocycles. The minimum atomic E-state index is -2.74. The van der Waals surface area contributed by atoms with Crippen molar-refractivity contribution in [1.82, 2.24) is 74.9 Å². The molecule has 0 aliphatic rings. The second kappa shape index (κ2) is 27.2. The van der Waals surface area contributed by atoms with Gasteiger partial charge in [0.2, 0.25) is 28.8 Å². The molecule has 0 aliphatic heterocycles. The maximum atomic E-state index is 15.0. The number of halogens is 6. The van der Waals surface area contributed by atoms with E-state index in [1.807, 2.05) is 15.1 Å². The fraction of sp³-hybridized carbons (Fsp3) is 0.192. The maximum Gasteiger partial charge on any atom is 0.349 e. The van der Waals surface area contributed by atoms with E-state index in [1.54, 1.807) is 4.98 Å². The molecule has 0 radical (unpaired) electrons. The number of H-pyrrole nitrogens is 6. The summed E-state index contributed by atoms with van der Waals surface area (Å²) in [6.45, 7) is -2.59. The van der Waals surface area contributed by atoms with Gasteiger partial charge in [-0.3, -0.25) is 43.7 Å². The first-order valence-corrected chi connectivity index (χ1v) is 25.3. The number of aromatic amines is 6. The molecule has 9 rings (SSSR count). The third kappa shape index (κ3) is 14.4. The molecule has 0 spiro atoms. The van der Waals surface area contributed by atoms with Crippen LogP contribution in [0.1, 0.15) is 119 Å². The second-order valence-corrected chi connectivity index (χ2v) is 18.8. The summed E-state index contributed by atoms with van der Waals surface area (Å²) in [7, 11) is 0. The highest BCUT2D eigenvalue weighted by molar-refractivity contribution is 6.38. The second-order valence-electron chi connectivity index (χ2n) is 16.9. The van der Waals surface area contributed by atoms with Gasteiger partial charge in [0.05, 0.1) is 56.0 Å². The van der Waals surface area contributed by atoms with Crippen LogP contribution in [-0.2, 0) is 0 Å². The van der Waals surface area contributed by atoms with E-state index in [4.69, 9.17) is 109 Å². The summed E-state index contributed by atoms with van der Waals surface area (Å²) in [5.41, 5.74) is -14.1. The lowest BCUT2D eigenvalue weighted by Crippen LogP contribution is -2.33. The summed E-state index contributed by atoms with van der Waals surface area (Å²) in [5.74, 6) is -8.24. The number of nitriles is 3. The minimum absolute atomic E-state index is 0.0211. The minimum Gasteiger partial charge on any atom is -0.436 e. The zero-order valence-corrected chi connectivity index (χ0v) is 47.7. The van der Waals surface area contributed by atoms with E-state index in [-0.39, 0.29) is 39.2 Å². The van der Waals surface area contributed by atoms with E-state index in [0.717, 1.165) is 19.1 Å². The molecule has 0 aliphatic carbocycles. The van der Waals surface area contributed by atoms with Crippen LogP contribution in [0.4, 0.5) is 4.39 Å². The summed E-state index contributed by atoms with van der Waals surface area (Å²) >= 11 is 30.9. The standard InChI is InChI=1S/C18H15ClN6O4.C17H11Cl2FN6O4.C17H12Cl2N6O4/c1-8(2)11-6-14(22-23-16(11)26)29-15-9(3)4-10(5-12(15)19)25-18(28)21-17(27)13(7-20)24-25;1-6(2)11-12(20)16(24-23-15(11)28)30-13-8(18)3-7(4-9(13)19)26-17(29)22-14(27)10(5-21)25-26;1-7(2)9-5-13(22-23-15(9)26)29-14-10(18)3-8(4-11(14)19)25-17(28)21-16(27)12(6-20)24-25/h4-6,8H,1-3H3,(H,23,26)(H,21,27,28);3-4,6H,1-2H3,(H,23,28)(H,22,27,29);3-5,7H,1-2H3,(H,23,26)(H,21,27,28)/i1D3,4D,5D;2*1D3,3D,4D. The molecule has 36 heteroatoms. The van der Waals surface area contributed by atoms with Crippen LogP contribution in [0.25, 0.3) is 17.1 Å². The van der Waals surface area contributed by atoms with Crippen molar-refractivity contribution in [3.05, 3.63) is 212 Å². The van der Waals surface area contributed by atoms with Crippen LogP contribution in [0, 0.1) is 46.7 Å². The molecule has 0 saturated carbocycles. The maximum absolute atomic E-state index is 15.0. The van der Waals surface area contributed by atoms with Crippen LogP contribution in [0.2, 0.25) is 25.1 Å². The Hall–Kier alpha value is -10.6. The van der Waals surface area contributed by atoms with Crippen molar-refractivity contribution in [3.8, 4) is 70.2 Å². The van der Waals surface area contributed by atoms with Crippen molar-refractivity contribution in [2.24, 2.45) is 0 Å². The van der Waals surface area contributed by atoms with Gasteiger partial charge in [0.15, 0.2) is 23.1 Å². The topological polar surface area (TPSA) is 440 Å². The molecule has 6 N–H and O–H groups in total. The average molecular weight is 1320 g/mol. The number of hydrogen-bond donors (Lipinski definition) is 6. The average Bonchev–Trinajstić information content (AvgIpc) is 0.769. The van der Waals surface area contributed by atoms with Gasteiger partial charge in [0.25, 0.3) is 39.2 Å². The van der Waals surface area contributed by atoms with Crippen molar-refractivity contribution in [1.29, 1.82) is 15.8 Å². The molecule has 0 bridgehead atoms. The lowest BCUT2D eigenvalue weighted by atomic mass is 10.1. The molecular weight excluding hydrogens is 1260 g/mol. The van der Waals surface area contributed by atoms with E-state index in [0.29, 0.717) is 14.0 Å². The molecule has 0 fully saturated rings. The number of hydrogen-bond acceptors (Lipinski definition) is 21. The Bertz CT molecular complexity index is 5410. The third-order valence-electron chi connectivity index (χ3n) is 10.7. The monoisotopic (exact) mass is 1320 g/mol. The van der Waals surface area contributed by atoms with Crippen molar-refractivity contribution >= 4 is 58.0 Å². The molecule has 3 atom stereocenters. The molecule has 9 aromatic rings. The zero-order valence-electron chi connectivity index (χ0n) is 58.9. The summed E-state index contributed by atoms with van der Waals surface area (Å²) in [4.78, 5) is 113. The number of aromatic nitrogens is 15. The first-order chi connectivity index (χ1) is 47.7. The fourth-order valence-corrected chi connectivity index (χ4v) is 7.97. The first kappa shape index (κ1) is 46.6. The van der Waals surface area contributed by atoms with Crippen molar-refractivity contribution in [2.75, 3.05) is 0 Å². The number of rotatable bonds is 12. The Morgan fingerprint density at radius 3 is 1.23 bits per heavy atom. The highest BCUT2D eigenvalue weighted by Crippen LogP contribution is 2.40. The molecule has 3 aromatic carbocycles. The Morgan fingerprint density at radius 1 is 0.511 bits per heavy atom. The summed E-state index contributed by atoms with van der Waals surface area (Å²) in [5, 5.41) is 51.7. The van der Waals surface area contributed by atoms with Gasteiger partial charge in [-0.1, -0.05) is 99.3 Å². The molecule has 88 heavy (non-hydrogen) atoms. The van der Waals surface area contributed by atoms with Crippen LogP contribution in [0.3, 0.4) is 0 Å². The summed E-state index contributed by atoms with van der Waals surface area (Å²) in [6.07, 6.45) is 0. The predicted octanol–water partition coefficient (Wildman–Crippen LogP) is 6.09. The molecule has 6 aromatic heterocycles. The quantitative estimate of drug-likeness (QED) is 0.0805. The Kier molecular flexibility index (Phi) is 14.4. The van der Waals surface area contributed by atoms with Crippen LogP contribution in [0.15, 0.2) is 91.5 Å². The van der Waals surface area contributed by atoms with E-state index >= 15 is 4.39 Å². The van der Waals surface area contributed by atoms with E-state index < -0.39 is 208 Å². The Labute approximate surface area is 534 Å². The number of ether oxygens (including phenoxy) is 3. The SMILES string of the molecule is [2H]c1c(C)c(Oc2cc(C(C)C([2H])([2H])[2H])c(=O)[nH]n2)c(Cl)c([2H])c1-n1nc(C#N)c(=O)[nH]c1=O.[2H]c1c(Cl)c(Oc2cc(C(C)C([2H])([2H])[2H])c(=O)[nH]n2)c(Cl)c([2H])c1-n1nc(C#N)c(=O)[nH]c1=O.[2H]c1c(Cl)c(Oc2n[nH]c(=O)c(C(C)C([2H])([2H])[2H])c2F)c(Cl)c([2H])c1-n1nc(C#N)c(=O)[nH]c1=O. The van der Waals surface area contributed by atoms with Gasteiger partial charge in [-0.2, -0.15) is 29.8 Å². The lowest BCUT2D eigenvalue weighted by Gasteiger charge is -2.13. The third-order valence-corrected chi connectivity index (χ3v) is 12.1. The van der Waals surface area contributed by atoms with Crippen LogP contribution >= 0.6 is 58.0 Å². The number of nitrogens with zero attached hydrogens (tertiary/aromatic N) is 12. The van der Waals surface area contributed by atoms with Gasteiger partial charge >= 0.3 is 17.1 Å². The van der Waals surface area contributed by atoms with Crippen LogP contribution in [0.5, 0.6) is 34.9 Å². The smallest absolute Gasteiger partial charge is 0.349 e. The van der Waals surface area contributed by atoms with Crippen molar-refractivity contribution in [2.45, 2.75) is 66.0 Å². The van der Waals surface area contributed by atoms with Gasteiger partial charge in [-0.05, 0) is 66.5 Å². The van der Waals surface area contributed by atoms with Gasteiger partial charge in [0.1, 0.15) is 18.2 Å². The molecule has 0 amide bonds. The molecule has 3 unspecified atom stereocenters.